The fourth-order valence-corrected chi connectivity index (χ4v) is 2.94. The van der Waals surface area contributed by atoms with Crippen molar-refractivity contribution in [3.63, 3.8) is 0 Å². The van der Waals surface area contributed by atoms with Crippen LogP contribution in [-0.4, -0.2) is 53.6 Å². The molecule has 1 aromatic heterocycles. The first-order valence-electron chi connectivity index (χ1n) is 8.89. The van der Waals surface area contributed by atoms with Gasteiger partial charge in [0.25, 0.3) is 0 Å². The van der Waals surface area contributed by atoms with E-state index in [1.807, 2.05) is 4.90 Å². The van der Waals surface area contributed by atoms with E-state index in [2.05, 4.69) is 20.0 Å². The minimum Gasteiger partial charge on any atom is -0.433 e. The third-order valence-corrected chi connectivity index (χ3v) is 4.50. The maximum Gasteiger partial charge on any atom is 0.419 e. The quantitative estimate of drug-likeness (QED) is 0.731. The maximum atomic E-state index is 12.9. The summed E-state index contributed by atoms with van der Waals surface area (Å²) in [5.41, 5.74) is -0.355. The summed E-state index contributed by atoms with van der Waals surface area (Å²) in [6, 6.07) is 4.49. The van der Waals surface area contributed by atoms with Crippen LogP contribution in [0.1, 0.15) is 12.5 Å². The van der Waals surface area contributed by atoms with Gasteiger partial charge < -0.3 is 19.9 Å². The van der Waals surface area contributed by atoms with E-state index in [-0.39, 0.29) is 23.3 Å². The zero-order chi connectivity index (χ0) is 21.9. The van der Waals surface area contributed by atoms with E-state index >= 15 is 0 Å². The number of alkyl halides is 5. The number of carbonyl (C=O) groups excluding carboxylic acids is 1. The van der Waals surface area contributed by atoms with Gasteiger partial charge in [-0.1, -0.05) is 0 Å². The highest BCUT2D eigenvalue weighted by Crippen LogP contribution is 2.34. The predicted molar refractivity (Wildman–Crippen MR) is 97.9 cm³/mol. The number of anilines is 3. The Hall–Kier alpha value is -3.18. The van der Waals surface area contributed by atoms with E-state index in [1.165, 1.54) is 19.1 Å². The summed E-state index contributed by atoms with van der Waals surface area (Å²) >= 11 is 0. The van der Waals surface area contributed by atoms with Crippen LogP contribution in [0.25, 0.3) is 0 Å². The first kappa shape index (κ1) is 21.5. The Labute approximate surface area is 168 Å². The molecule has 0 unspecified atom stereocenters. The van der Waals surface area contributed by atoms with Gasteiger partial charge in [-0.05, 0) is 12.1 Å². The van der Waals surface area contributed by atoms with Gasteiger partial charge in [-0.3, -0.25) is 4.79 Å². The van der Waals surface area contributed by atoms with Crippen molar-refractivity contribution in [2.45, 2.75) is 19.7 Å². The molecule has 1 saturated heterocycles. The van der Waals surface area contributed by atoms with Gasteiger partial charge in [0.2, 0.25) is 11.9 Å². The fourth-order valence-electron chi connectivity index (χ4n) is 2.94. The number of benzene rings is 1. The number of hydrogen-bond acceptors (Lipinski definition) is 6. The molecule has 1 aliphatic rings. The molecule has 0 bridgehead atoms. The average Bonchev–Trinajstić information content (AvgIpc) is 2.69. The smallest absolute Gasteiger partial charge is 0.419 e. The number of piperazine rings is 1. The molecule has 2 aromatic rings. The zero-order valence-electron chi connectivity index (χ0n) is 15.8. The summed E-state index contributed by atoms with van der Waals surface area (Å²) in [6.07, 6.45) is -3.41. The molecule has 2 heterocycles. The lowest BCUT2D eigenvalue weighted by molar-refractivity contribution is -0.138. The molecule has 30 heavy (non-hydrogen) atoms. The second kappa shape index (κ2) is 8.67. The molecule has 3 rings (SSSR count). The van der Waals surface area contributed by atoms with Crippen LogP contribution in [0, 0.1) is 0 Å². The van der Waals surface area contributed by atoms with E-state index in [4.69, 9.17) is 0 Å². The van der Waals surface area contributed by atoms with Crippen LogP contribution >= 0.6 is 0 Å². The van der Waals surface area contributed by atoms with Crippen molar-refractivity contribution in [3.05, 3.63) is 36.2 Å². The summed E-state index contributed by atoms with van der Waals surface area (Å²) in [5.74, 6) is -0.447. The van der Waals surface area contributed by atoms with Gasteiger partial charge >= 0.3 is 12.8 Å². The number of amides is 1. The van der Waals surface area contributed by atoms with Gasteiger partial charge in [0.15, 0.2) is 5.75 Å². The molecule has 1 fully saturated rings. The van der Waals surface area contributed by atoms with Gasteiger partial charge in [0.05, 0.1) is 11.3 Å². The van der Waals surface area contributed by atoms with Crippen LogP contribution in [-0.2, 0) is 11.0 Å². The van der Waals surface area contributed by atoms with Crippen molar-refractivity contribution in [1.29, 1.82) is 0 Å². The standard InChI is InChI=1S/C18H18F5N5O2/c1-11(29)27-4-6-28(7-5-27)13-2-3-14(15(8-13)30-16(19)20)26-17-24-9-12(10-25-17)18(21,22)23/h2-3,8-10,16H,4-7H2,1H3,(H,24,25,26). The molecule has 0 saturated carbocycles. The first-order chi connectivity index (χ1) is 14.1. The number of nitrogens with one attached hydrogen (secondary N) is 1. The van der Waals surface area contributed by atoms with Crippen molar-refractivity contribution in [3.8, 4) is 5.75 Å². The number of rotatable bonds is 5. The third-order valence-electron chi connectivity index (χ3n) is 4.50. The minimum absolute atomic E-state index is 0.0348. The van der Waals surface area contributed by atoms with E-state index < -0.39 is 18.4 Å². The van der Waals surface area contributed by atoms with Crippen molar-refractivity contribution in [1.82, 2.24) is 14.9 Å². The fraction of sp³-hybridized carbons (Fsp3) is 0.389. The van der Waals surface area contributed by atoms with Crippen LogP contribution in [0.2, 0.25) is 0 Å². The van der Waals surface area contributed by atoms with E-state index in [0.29, 0.717) is 44.3 Å². The van der Waals surface area contributed by atoms with Crippen LogP contribution in [0.15, 0.2) is 30.6 Å². The Morgan fingerprint density at radius 3 is 2.30 bits per heavy atom. The molecule has 7 nitrogen and oxygen atoms in total. The highest BCUT2D eigenvalue weighted by Gasteiger charge is 2.31. The number of halogens is 5. The molecule has 162 valence electrons. The van der Waals surface area contributed by atoms with Crippen LogP contribution in [0.3, 0.4) is 0 Å². The molecule has 1 aromatic carbocycles. The lowest BCUT2D eigenvalue weighted by atomic mass is 10.2. The topological polar surface area (TPSA) is 70.6 Å². The van der Waals surface area contributed by atoms with Gasteiger partial charge in [0, 0.05) is 57.3 Å². The number of carbonyl (C=O) groups is 1. The molecule has 12 heteroatoms. The molecule has 0 spiro atoms. The minimum atomic E-state index is -4.59. The largest absolute Gasteiger partial charge is 0.433 e. The summed E-state index contributed by atoms with van der Waals surface area (Å²) in [7, 11) is 0. The number of ether oxygens (including phenoxy) is 1. The van der Waals surface area contributed by atoms with Crippen molar-refractivity contribution >= 4 is 23.2 Å². The maximum absolute atomic E-state index is 12.9. The van der Waals surface area contributed by atoms with Crippen LogP contribution < -0.4 is 15.0 Å². The Bertz CT molecular complexity index is 884. The lowest BCUT2D eigenvalue weighted by Gasteiger charge is -2.35. The van der Waals surface area contributed by atoms with E-state index in [9.17, 15) is 26.7 Å². The Morgan fingerprint density at radius 1 is 1.13 bits per heavy atom. The normalized spacial score (nSPS) is 14.8. The summed E-state index contributed by atoms with van der Waals surface area (Å²) in [6.45, 7) is 0.405. The van der Waals surface area contributed by atoms with Crippen molar-refractivity contribution in [2.24, 2.45) is 0 Å². The van der Waals surface area contributed by atoms with Crippen LogP contribution in [0.5, 0.6) is 5.75 Å². The SMILES string of the molecule is CC(=O)N1CCN(c2ccc(Nc3ncc(C(F)(F)F)cn3)c(OC(F)F)c2)CC1. The molecule has 0 atom stereocenters. The number of aromatic nitrogens is 2. The molecular weight excluding hydrogens is 413 g/mol. The van der Waals surface area contributed by atoms with Gasteiger partial charge in [-0.2, -0.15) is 22.0 Å². The van der Waals surface area contributed by atoms with Crippen LogP contribution in [0.4, 0.5) is 39.3 Å². The number of hydrogen-bond donors (Lipinski definition) is 1. The van der Waals surface area contributed by atoms with Gasteiger partial charge in [0.1, 0.15) is 0 Å². The second-order valence-electron chi connectivity index (χ2n) is 6.47. The highest BCUT2D eigenvalue weighted by molar-refractivity contribution is 5.74. The zero-order valence-corrected chi connectivity index (χ0v) is 15.8. The number of nitrogens with zero attached hydrogens (tertiary/aromatic N) is 4. The Kier molecular flexibility index (Phi) is 6.22. The summed E-state index contributed by atoms with van der Waals surface area (Å²) in [4.78, 5) is 22.2. The first-order valence-corrected chi connectivity index (χ1v) is 8.89. The van der Waals surface area contributed by atoms with E-state index in [0.717, 1.165) is 0 Å². The average molecular weight is 431 g/mol. The second-order valence-corrected chi connectivity index (χ2v) is 6.47. The predicted octanol–water partition coefficient (Wildman–Crippen LogP) is 3.51. The van der Waals surface area contributed by atoms with Gasteiger partial charge in [-0.15, -0.1) is 0 Å². The highest BCUT2D eigenvalue weighted by atomic mass is 19.4. The lowest BCUT2D eigenvalue weighted by Crippen LogP contribution is -2.48. The summed E-state index contributed by atoms with van der Waals surface area (Å²) < 4.78 is 68.2. The van der Waals surface area contributed by atoms with Gasteiger partial charge in [-0.25, -0.2) is 9.97 Å². The molecule has 1 N–H and O–H groups in total. The Balaban J connectivity index is 1.78. The molecule has 1 amide bonds. The molecule has 0 aliphatic carbocycles. The molecular formula is C18H18F5N5O2. The Morgan fingerprint density at radius 2 is 1.77 bits per heavy atom. The molecule has 0 radical (unpaired) electrons. The summed E-state index contributed by atoms with van der Waals surface area (Å²) in [5, 5.41) is 2.59. The van der Waals surface area contributed by atoms with Crippen molar-refractivity contribution in [2.75, 3.05) is 36.4 Å². The monoisotopic (exact) mass is 431 g/mol. The van der Waals surface area contributed by atoms with E-state index in [1.54, 1.807) is 11.0 Å². The third kappa shape index (κ3) is 5.24. The van der Waals surface area contributed by atoms with Crippen molar-refractivity contribution < 1.29 is 31.5 Å². The molecule has 1 aliphatic heterocycles.